The van der Waals surface area contributed by atoms with Gasteiger partial charge in [0.2, 0.25) is 0 Å². The maximum absolute atomic E-state index is 11.8. The third-order valence-electron chi connectivity index (χ3n) is 2.41. The van der Waals surface area contributed by atoms with E-state index in [0.717, 1.165) is 0 Å². The highest BCUT2D eigenvalue weighted by Crippen LogP contribution is 2.15. The van der Waals surface area contributed by atoms with Crippen LogP contribution in [0.4, 0.5) is 5.69 Å². The van der Waals surface area contributed by atoms with E-state index in [4.69, 9.17) is 5.11 Å². The molecule has 1 amide bonds. The minimum atomic E-state index is -0.945. The lowest BCUT2D eigenvalue weighted by molar-refractivity contribution is -0.135. The molecule has 1 rings (SSSR count). The highest BCUT2D eigenvalue weighted by atomic mass is 16.4. The van der Waals surface area contributed by atoms with Crippen LogP contribution in [0.5, 0.6) is 0 Å². The monoisotopic (exact) mass is 263 g/mol. The van der Waals surface area contributed by atoms with Crippen molar-refractivity contribution in [1.82, 2.24) is 9.88 Å². The summed E-state index contributed by atoms with van der Waals surface area (Å²) in [6.07, 6.45) is 3.10. The van der Waals surface area contributed by atoms with Gasteiger partial charge in [-0.1, -0.05) is 6.08 Å². The van der Waals surface area contributed by atoms with E-state index in [1.165, 1.54) is 11.1 Å². The summed E-state index contributed by atoms with van der Waals surface area (Å²) in [7, 11) is 3.27. The molecule has 6 nitrogen and oxygen atoms in total. The Balaban J connectivity index is 3.03. The average Bonchev–Trinajstić information content (AvgIpc) is 2.37. The van der Waals surface area contributed by atoms with Crippen LogP contribution in [0.25, 0.3) is 0 Å². The number of nitrogens with zero attached hydrogens (tertiary/aromatic N) is 3. The largest absolute Gasteiger partial charge is 0.480 e. The van der Waals surface area contributed by atoms with Gasteiger partial charge >= 0.3 is 5.97 Å². The molecule has 0 aliphatic rings. The van der Waals surface area contributed by atoms with Crippen LogP contribution in [-0.2, 0) is 4.79 Å². The number of carboxylic acid groups (broad SMARTS) is 1. The number of carbonyl (C=O) groups is 2. The maximum Gasteiger partial charge on any atom is 0.323 e. The van der Waals surface area contributed by atoms with Gasteiger partial charge in [-0.25, -0.2) is 0 Å². The van der Waals surface area contributed by atoms with Crippen LogP contribution in [0.1, 0.15) is 10.5 Å². The van der Waals surface area contributed by atoms with Crippen LogP contribution in [0.2, 0.25) is 0 Å². The molecule has 1 aromatic heterocycles. The minimum Gasteiger partial charge on any atom is -0.480 e. The first-order valence-corrected chi connectivity index (χ1v) is 5.71. The first-order valence-electron chi connectivity index (χ1n) is 5.71. The zero-order valence-corrected chi connectivity index (χ0v) is 11.0. The van der Waals surface area contributed by atoms with Crippen LogP contribution >= 0.6 is 0 Å². The molecule has 19 heavy (non-hydrogen) atoms. The molecule has 6 heteroatoms. The lowest BCUT2D eigenvalue weighted by Crippen LogP contribution is -2.30. The van der Waals surface area contributed by atoms with E-state index in [2.05, 4.69) is 11.6 Å². The fourth-order valence-corrected chi connectivity index (χ4v) is 1.54. The summed E-state index contributed by atoms with van der Waals surface area (Å²) in [5.41, 5.74) is 0.907. The first kappa shape index (κ1) is 14.7. The zero-order chi connectivity index (χ0) is 14.4. The fourth-order valence-electron chi connectivity index (χ4n) is 1.54. The summed E-state index contributed by atoms with van der Waals surface area (Å²) in [6, 6.07) is 3.24. The van der Waals surface area contributed by atoms with Crippen molar-refractivity contribution in [3.8, 4) is 0 Å². The van der Waals surface area contributed by atoms with Gasteiger partial charge in [-0.15, -0.1) is 6.58 Å². The number of aromatic nitrogens is 1. The van der Waals surface area contributed by atoms with Gasteiger partial charge in [0.1, 0.15) is 12.2 Å². The highest BCUT2D eigenvalue weighted by Gasteiger charge is 2.14. The Hall–Kier alpha value is -2.37. The van der Waals surface area contributed by atoms with Crippen molar-refractivity contribution in [3.63, 3.8) is 0 Å². The summed E-state index contributed by atoms with van der Waals surface area (Å²) in [4.78, 5) is 29.6. The lowest BCUT2D eigenvalue weighted by atomic mass is 10.2. The molecule has 0 unspecified atom stereocenters. The van der Waals surface area contributed by atoms with Gasteiger partial charge in [-0.2, -0.15) is 0 Å². The van der Waals surface area contributed by atoms with E-state index in [1.54, 1.807) is 37.2 Å². The number of pyridine rings is 1. The topological polar surface area (TPSA) is 73.7 Å². The Kier molecular flexibility index (Phi) is 5.05. The third kappa shape index (κ3) is 4.09. The molecule has 0 fully saturated rings. The molecule has 1 heterocycles. The molecule has 0 spiro atoms. The van der Waals surface area contributed by atoms with Crippen LogP contribution in [0.15, 0.2) is 31.0 Å². The molecule has 1 N–H and O–H groups in total. The number of amides is 1. The average molecular weight is 263 g/mol. The van der Waals surface area contributed by atoms with E-state index < -0.39 is 5.97 Å². The van der Waals surface area contributed by atoms with Crippen molar-refractivity contribution >= 4 is 17.6 Å². The van der Waals surface area contributed by atoms with Crippen LogP contribution < -0.4 is 4.90 Å². The Morgan fingerprint density at radius 2 is 2.16 bits per heavy atom. The van der Waals surface area contributed by atoms with E-state index in [9.17, 15) is 9.59 Å². The molecule has 102 valence electrons. The van der Waals surface area contributed by atoms with Crippen LogP contribution in [-0.4, -0.2) is 54.1 Å². The second-order valence-electron chi connectivity index (χ2n) is 4.16. The second kappa shape index (κ2) is 6.53. The minimum absolute atomic E-state index is 0.161. The molecule has 0 saturated heterocycles. The number of aliphatic carboxylic acids is 1. The Morgan fingerprint density at radius 3 is 2.68 bits per heavy atom. The maximum atomic E-state index is 11.8. The van der Waals surface area contributed by atoms with Crippen LogP contribution in [0, 0.1) is 0 Å². The number of carbonyl (C=O) groups excluding carboxylic acids is 1. The summed E-state index contributed by atoms with van der Waals surface area (Å²) < 4.78 is 0. The van der Waals surface area contributed by atoms with Gasteiger partial charge in [0.05, 0.1) is 0 Å². The van der Waals surface area contributed by atoms with Crippen LogP contribution in [0.3, 0.4) is 0 Å². The van der Waals surface area contributed by atoms with Gasteiger partial charge in [0.15, 0.2) is 0 Å². The van der Waals surface area contributed by atoms with Crippen molar-refractivity contribution in [2.24, 2.45) is 0 Å². The summed E-state index contributed by atoms with van der Waals surface area (Å²) in [5.74, 6) is -1.17. The SMILES string of the molecule is C=CCN(CC(=O)O)c1ccnc(C(=O)N(C)C)c1. The summed E-state index contributed by atoms with van der Waals surface area (Å²) in [5, 5.41) is 8.87. The van der Waals surface area contributed by atoms with Crippen molar-refractivity contribution in [2.75, 3.05) is 32.1 Å². The Labute approximate surface area is 112 Å². The van der Waals surface area contributed by atoms with Crippen molar-refractivity contribution in [2.45, 2.75) is 0 Å². The van der Waals surface area contributed by atoms with Crippen molar-refractivity contribution < 1.29 is 14.7 Å². The number of anilines is 1. The van der Waals surface area contributed by atoms with Gasteiger partial charge < -0.3 is 14.9 Å². The Bertz CT molecular complexity index is 486. The molecule has 0 bridgehead atoms. The second-order valence-corrected chi connectivity index (χ2v) is 4.16. The first-order chi connectivity index (χ1) is 8.95. The normalized spacial score (nSPS) is 9.79. The lowest BCUT2D eigenvalue weighted by Gasteiger charge is -2.21. The molecular formula is C13H17N3O3. The van der Waals surface area contributed by atoms with E-state index in [1.807, 2.05) is 0 Å². The summed E-state index contributed by atoms with van der Waals surface area (Å²) >= 11 is 0. The van der Waals surface area contributed by atoms with Crippen molar-refractivity contribution in [3.05, 3.63) is 36.7 Å². The van der Waals surface area contributed by atoms with Gasteiger partial charge in [0, 0.05) is 32.5 Å². The van der Waals surface area contributed by atoms with E-state index in [-0.39, 0.29) is 18.1 Å². The number of hydrogen-bond acceptors (Lipinski definition) is 4. The number of hydrogen-bond donors (Lipinski definition) is 1. The number of carboxylic acids is 1. The quantitative estimate of drug-likeness (QED) is 0.771. The standard InChI is InChI=1S/C13H17N3O3/c1-4-7-16(9-12(17)18)10-5-6-14-11(8-10)13(19)15(2)3/h4-6,8H,1,7,9H2,2-3H3,(H,17,18). The number of rotatable bonds is 6. The molecule has 1 aromatic rings. The predicted molar refractivity (Wildman–Crippen MR) is 72.3 cm³/mol. The van der Waals surface area contributed by atoms with E-state index >= 15 is 0 Å². The van der Waals surface area contributed by atoms with Gasteiger partial charge in [-0.3, -0.25) is 14.6 Å². The molecule has 0 aliphatic heterocycles. The van der Waals surface area contributed by atoms with Gasteiger partial charge in [-0.05, 0) is 12.1 Å². The van der Waals surface area contributed by atoms with Gasteiger partial charge in [0.25, 0.3) is 5.91 Å². The smallest absolute Gasteiger partial charge is 0.323 e. The van der Waals surface area contributed by atoms with Crippen molar-refractivity contribution in [1.29, 1.82) is 0 Å². The molecule has 0 atom stereocenters. The third-order valence-corrected chi connectivity index (χ3v) is 2.41. The molecular weight excluding hydrogens is 246 g/mol. The molecule has 0 saturated carbocycles. The Morgan fingerprint density at radius 1 is 1.47 bits per heavy atom. The summed E-state index contributed by atoms with van der Waals surface area (Å²) in [6.45, 7) is 3.81. The predicted octanol–water partition coefficient (Wildman–Crippen LogP) is 0.860. The molecule has 0 aromatic carbocycles. The highest BCUT2D eigenvalue weighted by molar-refractivity contribution is 5.93. The molecule has 0 aliphatic carbocycles. The van der Waals surface area contributed by atoms with E-state index in [0.29, 0.717) is 12.2 Å². The fraction of sp³-hybridized carbons (Fsp3) is 0.308. The molecule has 0 radical (unpaired) electrons. The zero-order valence-electron chi connectivity index (χ0n) is 11.0.